The molecule has 0 aliphatic heterocycles. The molecule has 8 heteroatoms. The van der Waals surface area contributed by atoms with Gasteiger partial charge in [0.15, 0.2) is 5.03 Å². The third-order valence-corrected chi connectivity index (χ3v) is 2.99. The summed E-state index contributed by atoms with van der Waals surface area (Å²) >= 11 is 0. The number of aromatic nitrogens is 4. The minimum absolute atomic E-state index is 0.176. The first-order valence-corrected chi connectivity index (χ1v) is 6.59. The summed E-state index contributed by atoms with van der Waals surface area (Å²) in [5.74, 6) is 0.568. The van der Waals surface area contributed by atoms with Crippen LogP contribution in [0, 0.1) is 0 Å². The van der Waals surface area contributed by atoms with Crippen molar-refractivity contribution in [1.29, 1.82) is 0 Å². The van der Waals surface area contributed by atoms with Crippen molar-refractivity contribution in [2.45, 2.75) is 11.6 Å². The van der Waals surface area contributed by atoms with Crippen LogP contribution in [-0.2, 0) is 15.6 Å². The number of rotatable bonds is 3. The van der Waals surface area contributed by atoms with E-state index in [1.54, 1.807) is 23.0 Å². The lowest BCUT2D eigenvalue weighted by Crippen LogP contribution is -2.01. The number of hydrogen-bond donors (Lipinski definition) is 0. The van der Waals surface area contributed by atoms with E-state index in [4.69, 9.17) is 10.7 Å². The second-order valence-electron chi connectivity index (χ2n) is 2.99. The van der Waals surface area contributed by atoms with E-state index in [1.165, 1.54) is 12.5 Å². The maximum absolute atomic E-state index is 11.0. The van der Waals surface area contributed by atoms with E-state index in [0.29, 0.717) is 12.4 Å². The molecule has 0 radical (unpaired) electrons. The molecule has 0 fully saturated rings. The van der Waals surface area contributed by atoms with Crippen LogP contribution >= 0.6 is 10.7 Å². The molecule has 0 saturated carbocycles. The molecule has 0 bridgehead atoms. The average molecular weight is 259 g/mol. The van der Waals surface area contributed by atoms with Crippen molar-refractivity contribution < 1.29 is 8.42 Å². The van der Waals surface area contributed by atoms with Crippen LogP contribution in [-0.4, -0.2) is 27.9 Å². The molecule has 84 valence electrons. The number of nitrogens with zero attached hydrogens (tertiary/aromatic N) is 4. The molecular weight excluding hydrogens is 252 g/mol. The predicted molar refractivity (Wildman–Crippen MR) is 56.4 cm³/mol. The number of halogens is 1. The summed E-state index contributed by atoms with van der Waals surface area (Å²) in [5.41, 5.74) is 0. The first-order chi connectivity index (χ1) is 7.55. The second kappa shape index (κ2) is 4.18. The van der Waals surface area contributed by atoms with Gasteiger partial charge in [-0.3, -0.25) is 0 Å². The summed E-state index contributed by atoms with van der Waals surface area (Å²) in [4.78, 5) is 11.7. The van der Waals surface area contributed by atoms with Crippen molar-refractivity contribution in [1.82, 2.24) is 19.5 Å². The van der Waals surface area contributed by atoms with E-state index in [0.717, 1.165) is 0 Å². The van der Waals surface area contributed by atoms with E-state index in [-0.39, 0.29) is 5.03 Å². The predicted octanol–water partition coefficient (Wildman–Crippen LogP) is 0.649. The van der Waals surface area contributed by atoms with Crippen molar-refractivity contribution >= 4 is 19.7 Å². The van der Waals surface area contributed by atoms with Crippen LogP contribution in [0.1, 0.15) is 5.82 Å². The molecule has 0 aliphatic carbocycles. The third-order valence-electron chi connectivity index (χ3n) is 1.80. The fourth-order valence-electron chi connectivity index (χ4n) is 1.13. The van der Waals surface area contributed by atoms with E-state index in [9.17, 15) is 8.42 Å². The van der Waals surface area contributed by atoms with Crippen LogP contribution in [0.2, 0.25) is 0 Å². The highest BCUT2D eigenvalue weighted by molar-refractivity contribution is 8.13. The summed E-state index contributed by atoms with van der Waals surface area (Å²) in [6, 6.07) is 1.70. The smallest absolute Gasteiger partial charge is 0.280 e. The molecule has 0 atom stereocenters. The first-order valence-electron chi connectivity index (χ1n) is 4.28. The highest BCUT2D eigenvalue weighted by Crippen LogP contribution is 2.11. The Kier molecular flexibility index (Phi) is 2.88. The van der Waals surface area contributed by atoms with Crippen LogP contribution in [0.15, 0.2) is 36.0 Å². The largest absolute Gasteiger partial charge is 0.328 e. The van der Waals surface area contributed by atoms with Gasteiger partial charge in [0.05, 0.1) is 12.9 Å². The van der Waals surface area contributed by atoms with Gasteiger partial charge in [-0.05, 0) is 6.07 Å². The normalized spacial score (nSPS) is 11.6. The number of imidazole rings is 1. The lowest BCUT2D eigenvalue weighted by Gasteiger charge is -1.98. The molecule has 16 heavy (non-hydrogen) atoms. The molecule has 2 aromatic heterocycles. The molecule has 6 nitrogen and oxygen atoms in total. The highest BCUT2D eigenvalue weighted by atomic mass is 35.7. The van der Waals surface area contributed by atoms with Gasteiger partial charge >= 0.3 is 0 Å². The summed E-state index contributed by atoms with van der Waals surface area (Å²) in [7, 11) is 1.37. The Labute approximate surface area is 96.4 Å². The van der Waals surface area contributed by atoms with Gasteiger partial charge in [-0.15, -0.1) is 0 Å². The maximum Gasteiger partial charge on any atom is 0.280 e. The van der Waals surface area contributed by atoms with Gasteiger partial charge in [0, 0.05) is 29.3 Å². The molecule has 0 unspecified atom stereocenters. The van der Waals surface area contributed by atoms with Gasteiger partial charge in [-0.2, -0.15) is 0 Å². The van der Waals surface area contributed by atoms with Crippen molar-refractivity contribution in [3.05, 3.63) is 36.8 Å². The van der Waals surface area contributed by atoms with Crippen LogP contribution in [0.5, 0.6) is 0 Å². The Morgan fingerprint density at radius 3 is 2.50 bits per heavy atom. The second-order valence-corrected chi connectivity index (χ2v) is 5.50. The summed E-state index contributed by atoms with van der Waals surface area (Å²) in [6.45, 7) is 0.347. The Morgan fingerprint density at radius 1 is 1.25 bits per heavy atom. The van der Waals surface area contributed by atoms with E-state index in [1.807, 2.05) is 0 Å². The molecule has 0 aromatic carbocycles. The fourth-order valence-corrected chi connectivity index (χ4v) is 1.80. The van der Waals surface area contributed by atoms with E-state index >= 15 is 0 Å². The molecular formula is C8H7ClN4O2S. The lowest BCUT2D eigenvalue weighted by atomic mass is 10.5. The van der Waals surface area contributed by atoms with Crippen molar-refractivity contribution in [3.8, 4) is 0 Å². The molecule has 2 heterocycles. The topological polar surface area (TPSA) is 77.7 Å². The zero-order valence-electron chi connectivity index (χ0n) is 7.99. The Hall–Kier alpha value is -1.47. The van der Waals surface area contributed by atoms with Crippen molar-refractivity contribution in [2.75, 3.05) is 0 Å². The highest BCUT2D eigenvalue weighted by Gasteiger charge is 2.13. The van der Waals surface area contributed by atoms with Gasteiger partial charge in [0.1, 0.15) is 5.82 Å². The molecule has 0 N–H and O–H groups in total. The number of hydrogen-bond acceptors (Lipinski definition) is 5. The van der Waals surface area contributed by atoms with Crippen LogP contribution in [0.4, 0.5) is 0 Å². The monoisotopic (exact) mass is 258 g/mol. The van der Waals surface area contributed by atoms with Crippen LogP contribution < -0.4 is 0 Å². The quantitative estimate of drug-likeness (QED) is 0.756. The lowest BCUT2D eigenvalue weighted by molar-refractivity contribution is 0.606. The Balaban J connectivity index is 2.22. The summed E-state index contributed by atoms with van der Waals surface area (Å²) in [5, 5.41) is -0.176. The van der Waals surface area contributed by atoms with Crippen LogP contribution in [0.25, 0.3) is 0 Å². The summed E-state index contributed by atoms with van der Waals surface area (Å²) < 4.78 is 23.5. The van der Waals surface area contributed by atoms with E-state index < -0.39 is 9.05 Å². The van der Waals surface area contributed by atoms with Crippen molar-refractivity contribution in [2.24, 2.45) is 0 Å². The molecule has 0 spiro atoms. The van der Waals surface area contributed by atoms with E-state index in [2.05, 4.69) is 15.0 Å². The minimum Gasteiger partial charge on any atom is -0.328 e. The molecule has 0 amide bonds. The first kappa shape index (κ1) is 11.0. The minimum atomic E-state index is -3.77. The molecule has 0 aliphatic rings. The maximum atomic E-state index is 11.0. The zero-order valence-corrected chi connectivity index (χ0v) is 9.56. The van der Waals surface area contributed by atoms with Gasteiger partial charge in [0.2, 0.25) is 0 Å². The third kappa shape index (κ3) is 2.56. The SMILES string of the molecule is O=S(=O)(Cl)c1cn(Cc2ncccn2)cn1. The zero-order chi connectivity index (χ0) is 11.6. The fraction of sp³-hybridized carbons (Fsp3) is 0.125. The van der Waals surface area contributed by atoms with Gasteiger partial charge in [-0.25, -0.2) is 23.4 Å². The standard InChI is InChI=1S/C8H7ClN4O2S/c9-16(14,15)8-5-13(6-12-8)4-7-10-2-1-3-11-7/h1-3,5-6H,4H2. The van der Waals surface area contributed by atoms with Gasteiger partial charge in [-0.1, -0.05) is 0 Å². The molecule has 0 saturated heterocycles. The van der Waals surface area contributed by atoms with Gasteiger partial charge in [0.25, 0.3) is 9.05 Å². The summed E-state index contributed by atoms with van der Waals surface area (Å²) in [6.07, 6.45) is 5.92. The molecule has 2 aromatic rings. The van der Waals surface area contributed by atoms with Crippen molar-refractivity contribution in [3.63, 3.8) is 0 Å². The molecule has 2 rings (SSSR count). The van der Waals surface area contributed by atoms with Crippen LogP contribution in [0.3, 0.4) is 0 Å². The van der Waals surface area contributed by atoms with Gasteiger partial charge < -0.3 is 4.57 Å². The average Bonchev–Trinajstić information content (AvgIpc) is 2.67. The Bertz CT molecular complexity index is 581. The Morgan fingerprint density at radius 2 is 1.94 bits per heavy atom.